The van der Waals surface area contributed by atoms with E-state index in [4.69, 9.17) is 9.84 Å². The van der Waals surface area contributed by atoms with Crippen molar-refractivity contribution in [3.8, 4) is 0 Å². The standard InChI is InChI=1S/C18H22N2O4S/c1-12-8-16(13(2)20(12)11-15-4-3-7-25-15)18(23)19-5-6-24-14(10-19)9-17(21)22/h3-4,7-8,14H,5-6,9-11H2,1-2H3,(H,21,22)/t14-/m0/s1. The van der Waals surface area contributed by atoms with Gasteiger partial charge in [0.05, 0.1) is 31.2 Å². The molecule has 2 aromatic rings. The Morgan fingerprint density at radius 2 is 2.20 bits per heavy atom. The Kier molecular flexibility index (Phi) is 5.24. The highest BCUT2D eigenvalue weighted by Gasteiger charge is 2.28. The molecule has 134 valence electrons. The van der Waals surface area contributed by atoms with Crippen molar-refractivity contribution in [3.63, 3.8) is 0 Å². The lowest BCUT2D eigenvalue weighted by molar-refractivity contribution is -0.141. The first-order valence-electron chi connectivity index (χ1n) is 8.27. The van der Waals surface area contributed by atoms with Gasteiger partial charge in [-0.3, -0.25) is 9.59 Å². The van der Waals surface area contributed by atoms with Crippen LogP contribution >= 0.6 is 11.3 Å². The molecule has 0 bridgehead atoms. The van der Waals surface area contributed by atoms with Crippen molar-refractivity contribution in [3.05, 3.63) is 45.4 Å². The number of rotatable bonds is 5. The van der Waals surface area contributed by atoms with E-state index in [1.54, 1.807) is 16.2 Å². The number of aryl methyl sites for hydroxylation is 1. The largest absolute Gasteiger partial charge is 0.481 e. The molecule has 1 aliphatic heterocycles. The van der Waals surface area contributed by atoms with Gasteiger partial charge in [-0.15, -0.1) is 11.3 Å². The smallest absolute Gasteiger partial charge is 0.306 e. The number of ether oxygens (including phenoxy) is 1. The summed E-state index contributed by atoms with van der Waals surface area (Å²) in [5.41, 5.74) is 2.67. The van der Waals surface area contributed by atoms with Gasteiger partial charge in [-0.1, -0.05) is 6.07 Å². The number of aromatic nitrogens is 1. The Morgan fingerprint density at radius 3 is 2.88 bits per heavy atom. The molecule has 7 heteroatoms. The number of hydrogen-bond acceptors (Lipinski definition) is 4. The van der Waals surface area contributed by atoms with Crippen molar-refractivity contribution >= 4 is 23.2 Å². The van der Waals surface area contributed by atoms with Gasteiger partial charge in [-0.2, -0.15) is 0 Å². The first-order chi connectivity index (χ1) is 12.0. The Hall–Kier alpha value is -2.12. The molecule has 25 heavy (non-hydrogen) atoms. The molecule has 0 aromatic carbocycles. The molecular formula is C18H22N2O4S. The lowest BCUT2D eigenvalue weighted by Crippen LogP contribution is -2.46. The summed E-state index contributed by atoms with van der Waals surface area (Å²) in [5, 5.41) is 11.0. The zero-order valence-electron chi connectivity index (χ0n) is 14.4. The van der Waals surface area contributed by atoms with Crippen LogP contribution in [0.3, 0.4) is 0 Å². The van der Waals surface area contributed by atoms with Crippen molar-refractivity contribution in [1.29, 1.82) is 0 Å². The number of amides is 1. The van der Waals surface area contributed by atoms with Crippen LogP contribution in [0.2, 0.25) is 0 Å². The molecule has 3 rings (SSSR count). The van der Waals surface area contributed by atoms with Crippen LogP contribution in [-0.4, -0.2) is 52.3 Å². The summed E-state index contributed by atoms with van der Waals surface area (Å²) >= 11 is 1.70. The van der Waals surface area contributed by atoms with Crippen LogP contribution in [0.5, 0.6) is 0 Å². The minimum absolute atomic E-state index is 0.0516. The lowest BCUT2D eigenvalue weighted by Gasteiger charge is -2.32. The number of carbonyl (C=O) groups excluding carboxylic acids is 1. The fourth-order valence-electron chi connectivity index (χ4n) is 3.21. The van der Waals surface area contributed by atoms with E-state index in [9.17, 15) is 9.59 Å². The van der Waals surface area contributed by atoms with Crippen LogP contribution in [0, 0.1) is 13.8 Å². The summed E-state index contributed by atoms with van der Waals surface area (Å²) in [4.78, 5) is 26.8. The monoisotopic (exact) mass is 362 g/mol. The third kappa shape index (κ3) is 3.93. The normalized spacial score (nSPS) is 17.7. The first-order valence-corrected chi connectivity index (χ1v) is 9.15. The van der Waals surface area contributed by atoms with Gasteiger partial charge >= 0.3 is 5.97 Å². The van der Waals surface area contributed by atoms with Crippen molar-refractivity contribution in [2.45, 2.75) is 32.9 Å². The second-order valence-corrected chi connectivity index (χ2v) is 7.32. The predicted octanol–water partition coefficient (Wildman–Crippen LogP) is 2.53. The molecule has 0 unspecified atom stereocenters. The van der Waals surface area contributed by atoms with E-state index in [-0.39, 0.29) is 12.3 Å². The van der Waals surface area contributed by atoms with E-state index >= 15 is 0 Å². The summed E-state index contributed by atoms with van der Waals surface area (Å²) in [7, 11) is 0. The minimum atomic E-state index is -0.909. The zero-order chi connectivity index (χ0) is 18.0. The van der Waals surface area contributed by atoms with Crippen molar-refractivity contribution < 1.29 is 19.4 Å². The Labute approximate surface area is 150 Å². The Morgan fingerprint density at radius 1 is 1.40 bits per heavy atom. The van der Waals surface area contributed by atoms with Crippen LogP contribution in [0.4, 0.5) is 0 Å². The second kappa shape index (κ2) is 7.41. The molecule has 2 aromatic heterocycles. The average molecular weight is 362 g/mol. The Bertz CT molecular complexity index is 766. The zero-order valence-corrected chi connectivity index (χ0v) is 15.2. The van der Waals surface area contributed by atoms with Crippen LogP contribution in [0.25, 0.3) is 0 Å². The highest BCUT2D eigenvalue weighted by molar-refractivity contribution is 7.09. The summed E-state index contributed by atoms with van der Waals surface area (Å²) in [6.45, 7) is 5.90. The molecule has 0 aliphatic carbocycles. The van der Waals surface area contributed by atoms with E-state index < -0.39 is 12.1 Å². The van der Waals surface area contributed by atoms with E-state index in [0.29, 0.717) is 25.3 Å². The molecule has 1 aliphatic rings. The summed E-state index contributed by atoms with van der Waals surface area (Å²) in [6.07, 6.45) is -0.522. The maximum Gasteiger partial charge on any atom is 0.306 e. The van der Waals surface area contributed by atoms with Crippen LogP contribution < -0.4 is 0 Å². The van der Waals surface area contributed by atoms with Crippen molar-refractivity contribution in [2.75, 3.05) is 19.7 Å². The van der Waals surface area contributed by atoms with E-state index in [0.717, 1.165) is 17.9 Å². The van der Waals surface area contributed by atoms with Crippen molar-refractivity contribution in [2.24, 2.45) is 0 Å². The molecule has 0 radical (unpaired) electrons. The number of nitrogens with zero attached hydrogens (tertiary/aromatic N) is 2. The van der Waals surface area contributed by atoms with Crippen LogP contribution in [0.15, 0.2) is 23.6 Å². The average Bonchev–Trinajstić information content (AvgIpc) is 3.17. The molecule has 0 saturated carbocycles. The quantitative estimate of drug-likeness (QED) is 0.887. The van der Waals surface area contributed by atoms with E-state index in [2.05, 4.69) is 10.6 Å². The SMILES string of the molecule is Cc1cc(C(=O)N2CCO[C@@H](CC(=O)O)C2)c(C)n1Cc1cccs1. The van der Waals surface area contributed by atoms with E-state index in [1.807, 2.05) is 31.4 Å². The molecular weight excluding hydrogens is 340 g/mol. The summed E-state index contributed by atoms with van der Waals surface area (Å²) < 4.78 is 7.60. The summed E-state index contributed by atoms with van der Waals surface area (Å²) in [6, 6.07) is 6.03. The number of morpholine rings is 1. The molecule has 6 nitrogen and oxygen atoms in total. The number of thiophene rings is 1. The van der Waals surface area contributed by atoms with Gasteiger partial charge in [0.1, 0.15) is 0 Å². The molecule has 1 N–H and O–H groups in total. The fraction of sp³-hybridized carbons (Fsp3) is 0.444. The van der Waals surface area contributed by atoms with Crippen LogP contribution in [0.1, 0.15) is 33.0 Å². The highest BCUT2D eigenvalue weighted by Crippen LogP contribution is 2.22. The summed E-state index contributed by atoms with van der Waals surface area (Å²) in [5.74, 6) is -0.961. The number of aliphatic carboxylic acids is 1. The van der Waals surface area contributed by atoms with Crippen LogP contribution in [-0.2, 0) is 16.1 Å². The van der Waals surface area contributed by atoms with Gasteiger partial charge in [0.25, 0.3) is 5.91 Å². The highest BCUT2D eigenvalue weighted by atomic mass is 32.1. The topological polar surface area (TPSA) is 71.8 Å². The number of carbonyl (C=O) groups is 2. The lowest BCUT2D eigenvalue weighted by atomic mass is 10.1. The molecule has 3 heterocycles. The first kappa shape index (κ1) is 17.7. The maximum absolute atomic E-state index is 12.9. The molecule has 1 saturated heterocycles. The van der Waals surface area contributed by atoms with E-state index in [1.165, 1.54) is 4.88 Å². The number of hydrogen-bond donors (Lipinski definition) is 1. The van der Waals surface area contributed by atoms with Gasteiger partial charge in [-0.25, -0.2) is 0 Å². The van der Waals surface area contributed by atoms with Gasteiger partial charge < -0.3 is 19.3 Å². The number of carboxylic acid groups (broad SMARTS) is 1. The van der Waals surface area contributed by atoms with Gasteiger partial charge in [0.2, 0.25) is 0 Å². The van der Waals surface area contributed by atoms with Gasteiger partial charge in [0.15, 0.2) is 0 Å². The molecule has 1 atom stereocenters. The second-order valence-electron chi connectivity index (χ2n) is 6.29. The molecule has 1 amide bonds. The fourth-order valence-corrected chi connectivity index (χ4v) is 3.90. The minimum Gasteiger partial charge on any atom is -0.481 e. The third-order valence-electron chi connectivity index (χ3n) is 4.53. The molecule has 1 fully saturated rings. The Balaban J connectivity index is 1.77. The third-order valence-corrected chi connectivity index (χ3v) is 5.39. The predicted molar refractivity (Wildman–Crippen MR) is 95.2 cm³/mol. The number of carboxylic acids is 1. The molecule has 0 spiro atoms. The van der Waals surface area contributed by atoms with Gasteiger partial charge in [-0.05, 0) is 31.4 Å². The van der Waals surface area contributed by atoms with Gasteiger partial charge in [0, 0.05) is 29.4 Å². The maximum atomic E-state index is 12.9. The van der Waals surface area contributed by atoms with Crippen molar-refractivity contribution in [1.82, 2.24) is 9.47 Å².